The van der Waals surface area contributed by atoms with E-state index >= 15 is 0 Å². The van der Waals surface area contributed by atoms with Gasteiger partial charge in [-0.2, -0.15) is 0 Å². The van der Waals surface area contributed by atoms with E-state index in [1.807, 2.05) is 12.2 Å². The number of aliphatic hydroxyl groups excluding tert-OH is 1. The molecule has 1 N–H and O–H groups in total. The maximum Gasteiger partial charge on any atom is 0.0975 e. The summed E-state index contributed by atoms with van der Waals surface area (Å²) in [6.45, 7) is 15.0. The SMILES string of the molecule is C=CC[N+]1(CC=C)CC(C)C(O)CC1C. The fraction of sp³-hybridized carbons (Fsp3) is 0.692. The molecule has 0 aliphatic carbocycles. The van der Waals surface area contributed by atoms with Crippen LogP contribution in [0.25, 0.3) is 0 Å². The van der Waals surface area contributed by atoms with Crippen molar-refractivity contribution in [3.8, 4) is 0 Å². The Morgan fingerprint density at radius 2 is 1.80 bits per heavy atom. The Hall–Kier alpha value is -0.600. The molecular weight excluding hydrogens is 186 g/mol. The van der Waals surface area contributed by atoms with Crippen molar-refractivity contribution in [3.63, 3.8) is 0 Å². The summed E-state index contributed by atoms with van der Waals surface area (Å²) in [6.07, 6.45) is 4.73. The van der Waals surface area contributed by atoms with Gasteiger partial charge in [0.15, 0.2) is 0 Å². The topological polar surface area (TPSA) is 20.2 Å². The maximum atomic E-state index is 9.86. The van der Waals surface area contributed by atoms with Crippen LogP contribution in [0.1, 0.15) is 20.3 Å². The molecule has 1 aliphatic heterocycles. The first kappa shape index (κ1) is 12.5. The van der Waals surface area contributed by atoms with Crippen LogP contribution in [0.2, 0.25) is 0 Å². The number of nitrogens with zero attached hydrogens (tertiary/aromatic N) is 1. The summed E-state index contributed by atoms with van der Waals surface area (Å²) in [5.74, 6) is 0.376. The Kier molecular flexibility index (Phi) is 4.12. The normalized spacial score (nSPS) is 34.7. The van der Waals surface area contributed by atoms with E-state index in [9.17, 15) is 5.11 Å². The minimum atomic E-state index is -0.138. The second-order valence-electron chi connectivity index (χ2n) is 4.97. The molecule has 0 amide bonds. The summed E-state index contributed by atoms with van der Waals surface area (Å²) < 4.78 is 1.01. The van der Waals surface area contributed by atoms with Crippen molar-refractivity contribution in [1.29, 1.82) is 0 Å². The monoisotopic (exact) mass is 210 g/mol. The lowest BCUT2D eigenvalue weighted by Gasteiger charge is -2.49. The lowest BCUT2D eigenvalue weighted by Crippen LogP contribution is -2.62. The lowest BCUT2D eigenvalue weighted by molar-refractivity contribution is -0.948. The minimum absolute atomic E-state index is 0.138. The highest BCUT2D eigenvalue weighted by molar-refractivity contribution is 4.81. The molecule has 0 aromatic heterocycles. The van der Waals surface area contributed by atoms with Gasteiger partial charge in [0.25, 0.3) is 0 Å². The summed E-state index contributed by atoms with van der Waals surface area (Å²) in [7, 11) is 0. The average Bonchev–Trinajstić information content (AvgIpc) is 2.16. The maximum absolute atomic E-state index is 9.86. The van der Waals surface area contributed by atoms with Crippen LogP contribution in [-0.4, -0.2) is 41.4 Å². The van der Waals surface area contributed by atoms with E-state index in [0.29, 0.717) is 12.0 Å². The minimum Gasteiger partial charge on any atom is -0.392 e. The number of hydrogen-bond donors (Lipinski definition) is 1. The van der Waals surface area contributed by atoms with Crippen LogP contribution in [0.3, 0.4) is 0 Å². The van der Waals surface area contributed by atoms with Gasteiger partial charge in [-0.05, 0) is 19.1 Å². The summed E-state index contributed by atoms with van der Waals surface area (Å²) >= 11 is 0. The van der Waals surface area contributed by atoms with Crippen molar-refractivity contribution in [2.75, 3.05) is 19.6 Å². The van der Waals surface area contributed by atoms with Gasteiger partial charge < -0.3 is 9.59 Å². The van der Waals surface area contributed by atoms with Crippen molar-refractivity contribution in [2.45, 2.75) is 32.4 Å². The van der Waals surface area contributed by atoms with Gasteiger partial charge in [0.1, 0.15) is 0 Å². The molecule has 0 spiro atoms. The fourth-order valence-electron chi connectivity index (χ4n) is 2.78. The predicted octanol–water partition coefficient (Wildman–Crippen LogP) is 1.96. The molecule has 0 aromatic rings. The van der Waals surface area contributed by atoms with E-state index in [0.717, 1.165) is 30.5 Å². The molecule has 0 radical (unpaired) electrons. The van der Waals surface area contributed by atoms with E-state index in [1.165, 1.54) is 0 Å². The van der Waals surface area contributed by atoms with Crippen LogP contribution in [0.15, 0.2) is 25.3 Å². The van der Waals surface area contributed by atoms with Crippen molar-refractivity contribution in [3.05, 3.63) is 25.3 Å². The Morgan fingerprint density at radius 3 is 2.27 bits per heavy atom. The smallest absolute Gasteiger partial charge is 0.0975 e. The molecule has 1 saturated heterocycles. The van der Waals surface area contributed by atoms with Gasteiger partial charge in [-0.15, -0.1) is 0 Å². The Bertz CT molecular complexity index is 227. The zero-order valence-electron chi connectivity index (χ0n) is 10.0. The Labute approximate surface area is 93.5 Å². The van der Waals surface area contributed by atoms with E-state index in [2.05, 4.69) is 27.0 Å². The van der Waals surface area contributed by atoms with Gasteiger partial charge in [0.2, 0.25) is 0 Å². The highest BCUT2D eigenvalue weighted by Crippen LogP contribution is 2.29. The van der Waals surface area contributed by atoms with Gasteiger partial charge in [-0.25, -0.2) is 0 Å². The summed E-state index contributed by atoms with van der Waals surface area (Å²) in [5.41, 5.74) is 0. The van der Waals surface area contributed by atoms with Gasteiger partial charge in [-0.3, -0.25) is 0 Å². The molecule has 0 aromatic carbocycles. The van der Waals surface area contributed by atoms with E-state index in [-0.39, 0.29) is 6.10 Å². The van der Waals surface area contributed by atoms with E-state index in [1.54, 1.807) is 0 Å². The van der Waals surface area contributed by atoms with Crippen LogP contribution in [-0.2, 0) is 0 Å². The molecule has 2 heteroatoms. The third-order valence-corrected chi connectivity index (χ3v) is 3.81. The molecule has 0 bridgehead atoms. The summed E-state index contributed by atoms with van der Waals surface area (Å²) in [5, 5.41) is 9.86. The van der Waals surface area contributed by atoms with Crippen LogP contribution in [0.4, 0.5) is 0 Å². The first-order valence-electron chi connectivity index (χ1n) is 5.81. The van der Waals surface area contributed by atoms with E-state index in [4.69, 9.17) is 0 Å². The number of quaternary nitrogens is 1. The van der Waals surface area contributed by atoms with Crippen molar-refractivity contribution in [1.82, 2.24) is 0 Å². The number of likely N-dealkylation sites (tertiary alicyclic amines) is 1. The molecule has 1 aliphatic rings. The second kappa shape index (κ2) is 4.95. The standard InChI is InChI=1S/C13H24NO/c1-5-7-14(8-6-2)10-11(3)13(15)9-12(14)4/h5-6,11-13,15H,1-2,7-10H2,3-4H3/q+1. The average molecular weight is 210 g/mol. The highest BCUT2D eigenvalue weighted by Gasteiger charge is 2.41. The number of hydrogen-bond acceptors (Lipinski definition) is 1. The Morgan fingerprint density at radius 1 is 1.27 bits per heavy atom. The van der Waals surface area contributed by atoms with Gasteiger partial charge >= 0.3 is 0 Å². The fourth-order valence-corrected chi connectivity index (χ4v) is 2.78. The zero-order valence-corrected chi connectivity index (χ0v) is 10.0. The molecule has 3 unspecified atom stereocenters. The van der Waals surface area contributed by atoms with Crippen LogP contribution < -0.4 is 0 Å². The second-order valence-corrected chi connectivity index (χ2v) is 4.97. The number of piperidine rings is 1. The van der Waals surface area contributed by atoms with Gasteiger partial charge in [-0.1, -0.05) is 20.1 Å². The number of rotatable bonds is 4. The van der Waals surface area contributed by atoms with Crippen LogP contribution in [0.5, 0.6) is 0 Å². The molecule has 86 valence electrons. The molecule has 15 heavy (non-hydrogen) atoms. The first-order valence-corrected chi connectivity index (χ1v) is 5.81. The Balaban J connectivity index is 2.84. The summed E-state index contributed by atoms with van der Waals surface area (Å²) in [6, 6.07) is 0.493. The largest absolute Gasteiger partial charge is 0.392 e. The third-order valence-electron chi connectivity index (χ3n) is 3.81. The number of aliphatic hydroxyl groups is 1. The zero-order chi connectivity index (χ0) is 11.5. The van der Waals surface area contributed by atoms with Crippen LogP contribution in [0, 0.1) is 5.92 Å². The lowest BCUT2D eigenvalue weighted by atomic mass is 9.89. The highest BCUT2D eigenvalue weighted by atomic mass is 16.3. The van der Waals surface area contributed by atoms with E-state index < -0.39 is 0 Å². The molecule has 1 heterocycles. The molecule has 1 fully saturated rings. The molecule has 0 saturated carbocycles. The van der Waals surface area contributed by atoms with Crippen molar-refractivity contribution >= 4 is 0 Å². The molecule has 2 nitrogen and oxygen atoms in total. The third kappa shape index (κ3) is 2.50. The predicted molar refractivity (Wildman–Crippen MR) is 64.5 cm³/mol. The molecule has 3 atom stereocenters. The van der Waals surface area contributed by atoms with Crippen LogP contribution >= 0.6 is 0 Å². The van der Waals surface area contributed by atoms with Gasteiger partial charge in [0, 0.05) is 12.3 Å². The quantitative estimate of drug-likeness (QED) is 0.555. The van der Waals surface area contributed by atoms with Gasteiger partial charge in [0.05, 0.1) is 31.8 Å². The molecule has 1 rings (SSSR count). The van der Waals surface area contributed by atoms with Crippen molar-refractivity contribution < 1.29 is 9.59 Å². The summed E-state index contributed by atoms with van der Waals surface area (Å²) in [4.78, 5) is 0. The first-order chi connectivity index (χ1) is 7.05. The van der Waals surface area contributed by atoms with Crippen molar-refractivity contribution in [2.24, 2.45) is 5.92 Å². The molecular formula is C13H24NO+.